The molecule has 0 bridgehead atoms. The molecule has 1 aliphatic heterocycles. The number of piperidine rings is 1. The normalized spacial score (nSPS) is 16.0. The van der Waals surface area contributed by atoms with Crippen LogP contribution in [0.15, 0.2) is 45.9 Å². The number of allylic oxidation sites excluding steroid dienone is 2. The van der Waals surface area contributed by atoms with Gasteiger partial charge in [0, 0.05) is 56.0 Å². The van der Waals surface area contributed by atoms with Crippen molar-refractivity contribution in [2.45, 2.75) is 38.9 Å². The van der Waals surface area contributed by atoms with Crippen molar-refractivity contribution in [3.8, 4) is 17.9 Å². The molecule has 3 aromatic rings. The molecule has 0 aliphatic carbocycles. The van der Waals surface area contributed by atoms with Gasteiger partial charge in [0.15, 0.2) is 11.2 Å². The Kier molecular flexibility index (Phi) is 6.99. The Morgan fingerprint density at radius 1 is 1.31 bits per heavy atom. The van der Waals surface area contributed by atoms with E-state index in [0.29, 0.717) is 23.9 Å². The van der Waals surface area contributed by atoms with Gasteiger partial charge < -0.3 is 16.0 Å². The molecule has 3 aromatic heterocycles. The van der Waals surface area contributed by atoms with Gasteiger partial charge in [0.25, 0.3) is 5.56 Å². The van der Waals surface area contributed by atoms with Gasteiger partial charge >= 0.3 is 5.69 Å². The molecule has 11 nitrogen and oxygen atoms in total. The highest BCUT2D eigenvalue weighted by molar-refractivity contribution is 5.75. The topological polar surface area (TPSA) is 140 Å². The smallest absolute Gasteiger partial charge is 0.332 e. The van der Waals surface area contributed by atoms with E-state index in [9.17, 15) is 14.9 Å². The van der Waals surface area contributed by atoms with Crippen molar-refractivity contribution in [2.24, 2.45) is 12.8 Å². The van der Waals surface area contributed by atoms with Gasteiger partial charge in [-0.15, -0.1) is 5.92 Å². The lowest BCUT2D eigenvalue weighted by molar-refractivity contribution is 0.496. The highest BCUT2D eigenvalue weighted by atomic mass is 16.2. The van der Waals surface area contributed by atoms with Crippen molar-refractivity contribution in [3.05, 3.63) is 57.1 Å². The largest absolute Gasteiger partial charge is 0.357 e. The van der Waals surface area contributed by atoms with E-state index in [0.717, 1.165) is 24.0 Å². The van der Waals surface area contributed by atoms with Crippen LogP contribution in [-0.2, 0) is 20.1 Å². The fraction of sp³-hybridized carbons (Fsp3) is 0.375. The molecule has 1 aliphatic rings. The average molecular weight is 474 g/mol. The minimum Gasteiger partial charge on any atom is -0.357 e. The minimum atomic E-state index is -0.531. The first kappa shape index (κ1) is 23.8. The molecular weight excluding hydrogens is 446 g/mol. The van der Waals surface area contributed by atoms with E-state index >= 15 is 0 Å². The number of aryl methyl sites for hydroxylation is 1. The van der Waals surface area contributed by atoms with Gasteiger partial charge in [0.2, 0.25) is 5.95 Å². The molecule has 11 heteroatoms. The Bertz CT molecular complexity index is 1480. The Morgan fingerprint density at radius 3 is 2.77 bits per heavy atom. The number of nitriles is 1. The van der Waals surface area contributed by atoms with Crippen molar-refractivity contribution in [1.29, 1.82) is 5.26 Å². The number of pyridine rings is 1. The first-order valence-corrected chi connectivity index (χ1v) is 11.3. The SMILES string of the molecule is CC#CCn1c(N2CCCC(N)C2)nc2c1c(=O)n(C/C(=C/C#N)Nc1ccncc1)c(=O)n2C. The zero-order valence-electron chi connectivity index (χ0n) is 19.7. The number of nitrogens with one attached hydrogen (secondary N) is 1. The lowest BCUT2D eigenvalue weighted by atomic mass is 10.1. The van der Waals surface area contributed by atoms with E-state index < -0.39 is 11.2 Å². The van der Waals surface area contributed by atoms with Crippen LogP contribution in [0.1, 0.15) is 19.8 Å². The number of nitrogens with two attached hydrogens (primary N) is 1. The molecule has 3 N–H and O–H groups in total. The molecule has 1 saturated heterocycles. The Labute approximate surface area is 202 Å². The second-order valence-electron chi connectivity index (χ2n) is 8.34. The quantitative estimate of drug-likeness (QED) is 0.395. The molecule has 0 amide bonds. The summed E-state index contributed by atoms with van der Waals surface area (Å²) < 4.78 is 4.21. The highest BCUT2D eigenvalue weighted by Gasteiger charge is 2.26. The van der Waals surface area contributed by atoms with Crippen LogP contribution >= 0.6 is 0 Å². The summed E-state index contributed by atoms with van der Waals surface area (Å²) in [5.41, 5.74) is 6.80. The molecule has 35 heavy (non-hydrogen) atoms. The van der Waals surface area contributed by atoms with E-state index in [1.165, 1.54) is 10.6 Å². The van der Waals surface area contributed by atoms with Gasteiger partial charge in [-0.25, -0.2) is 4.79 Å². The molecule has 0 radical (unpaired) electrons. The third-order valence-electron chi connectivity index (χ3n) is 5.92. The Morgan fingerprint density at radius 2 is 2.09 bits per heavy atom. The second kappa shape index (κ2) is 10.3. The van der Waals surface area contributed by atoms with E-state index in [2.05, 4.69) is 22.1 Å². The third-order valence-corrected chi connectivity index (χ3v) is 5.92. The average Bonchev–Trinajstić information content (AvgIpc) is 3.24. The summed E-state index contributed by atoms with van der Waals surface area (Å²) in [6.45, 7) is 3.22. The van der Waals surface area contributed by atoms with Crippen LogP contribution in [0.5, 0.6) is 0 Å². The number of nitrogens with zero attached hydrogens (tertiary/aromatic N) is 7. The second-order valence-corrected chi connectivity index (χ2v) is 8.34. The van der Waals surface area contributed by atoms with E-state index in [-0.39, 0.29) is 30.3 Å². The predicted molar refractivity (Wildman–Crippen MR) is 134 cm³/mol. The minimum absolute atomic E-state index is 0.00712. The predicted octanol–water partition coefficient (Wildman–Crippen LogP) is 0.762. The molecular formula is C24H27N9O2. The molecule has 0 aromatic carbocycles. The van der Waals surface area contributed by atoms with Crippen LogP contribution < -0.4 is 27.2 Å². The molecule has 4 rings (SSSR count). The first-order valence-electron chi connectivity index (χ1n) is 11.3. The van der Waals surface area contributed by atoms with Crippen molar-refractivity contribution in [3.63, 3.8) is 0 Å². The van der Waals surface area contributed by atoms with Gasteiger partial charge in [-0.05, 0) is 31.9 Å². The molecule has 0 saturated carbocycles. The third kappa shape index (κ3) is 4.81. The monoisotopic (exact) mass is 473 g/mol. The number of hydrogen-bond acceptors (Lipinski definition) is 8. The first-order chi connectivity index (χ1) is 16.9. The van der Waals surface area contributed by atoms with Crippen molar-refractivity contribution < 1.29 is 0 Å². The summed E-state index contributed by atoms with van der Waals surface area (Å²) in [5.74, 6) is 6.46. The van der Waals surface area contributed by atoms with Crippen LogP contribution in [0.4, 0.5) is 11.6 Å². The summed E-state index contributed by atoms with van der Waals surface area (Å²) in [6, 6.07) is 5.43. The molecule has 4 heterocycles. The fourth-order valence-electron chi connectivity index (χ4n) is 4.23. The number of rotatable bonds is 6. The molecule has 1 atom stereocenters. The molecule has 180 valence electrons. The van der Waals surface area contributed by atoms with Crippen molar-refractivity contribution in [1.82, 2.24) is 23.7 Å². The number of aromatic nitrogens is 5. The molecule has 1 fully saturated rings. The molecule has 1 unspecified atom stereocenters. The van der Waals surface area contributed by atoms with Crippen LogP contribution in [0.3, 0.4) is 0 Å². The maximum Gasteiger partial charge on any atom is 0.332 e. The lowest BCUT2D eigenvalue weighted by Gasteiger charge is -2.31. The van der Waals surface area contributed by atoms with Gasteiger partial charge in [0.05, 0.1) is 19.2 Å². The Balaban J connectivity index is 1.85. The van der Waals surface area contributed by atoms with E-state index in [1.54, 1.807) is 43.1 Å². The van der Waals surface area contributed by atoms with Crippen LogP contribution in [0.25, 0.3) is 11.2 Å². The number of hydrogen-bond donors (Lipinski definition) is 2. The van der Waals surface area contributed by atoms with E-state index in [4.69, 9.17) is 10.7 Å². The number of anilines is 2. The zero-order valence-corrected chi connectivity index (χ0v) is 19.7. The number of fused-ring (bicyclic) bond motifs is 1. The zero-order chi connectivity index (χ0) is 24.9. The van der Waals surface area contributed by atoms with E-state index in [1.807, 2.05) is 11.0 Å². The van der Waals surface area contributed by atoms with Crippen LogP contribution in [0.2, 0.25) is 0 Å². The van der Waals surface area contributed by atoms with Crippen molar-refractivity contribution in [2.75, 3.05) is 23.3 Å². The maximum atomic E-state index is 13.7. The maximum absolute atomic E-state index is 13.7. The Hall–Kier alpha value is -4.35. The van der Waals surface area contributed by atoms with Gasteiger partial charge in [-0.3, -0.25) is 23.5 Å². The fourth-order valence-corrected chi connectivity index (χ4v) is 4.23. The summed E-state index contributed by atoms with van der Waals surface area (Å²) in [6.07, 6.45) is 6.32. The molecule has 0 spiro atoms. The van der Waals surface area contributed by atoms with Crippen LogP contribution in [0, 0.1) is 23.2 Å². The highest BCUT2D eigenvalue weighted by Crippen LogP contribution is 2.23. The number of imidazole rings is 1. The standard InChI is InChI=1S/C24H27N9O2/c1-3-4-14-32-20-21(29-23(32)31-13-5-6-17(26)15-31)30(2)24(35)33(22(20)34)16-19(7-10-25)28-18-8-11-27-12-9-18/h7-9,11-12,17H,5-6,13-16,26H2,1-2H3,(H,27,28)/b19-7-. The van der Waals surface area contributed by atoms with Crippen LogP contribution in [-0.4, -0.2) is 42.8 Å². The van der Waals surface area contributed by atoms with Gasteiger partial charge in [0.1, 0.15) is 0 Å². The summed E-state index contributed by atoms with van der Waals surface area (Å²) in [7, 11) is 1.58. The van der Waals surface area contributed by atoms with Gasteiger partial charge in [-0.1, -0.05) is 5.92 Å². The summed E-state index contributed by atoms with van der Waals surface area (Å²) in [5, 5.41) is 12.4. The summed E-state index contributed by atoms with van der Waals surface area (Å²) in [4.78, 5) is 37.6. The van der Waals surface area contributed by atoms with Crippen molar-refractivity contribution >= 4 is 22.8 Å². The van der Waals surface area contributed by atoms with Gasteiger partial charge in [-0.2, -0.15) is 10.2 Å². The lowest BCUT2D eigenvalue weighted by Crippen LogP contribution is -2.44. The summed E-state index contributed by atoms with van der Waals surface area (Å²) >= 11 is 0.